The molecule has 1 aromatic heterocycles. The smallest absolute Gasteiger partial charge is 0.257 e. The summed E-state index contributed by atoms with van der Waals surface area (Å²) >= 11 is 11.9. The summed E-state index contributed by atoms with van der Waals surface area (Å²) in [5, 5.41) is 3.51. The number of halogens is 2. The van der Waals surface area contributed by atoms with E-state index >= 15 is 0 Å². The normalized spacial score (nSPS) is 10.2. The quantitative estimate of drug-likeness (QED) is 0.724. The van der Waals surface area contributed by atoms with Crippen molar-refractivity contribution in [1.82, 2.24) is 9.97 Å². The maximum absolute atomic E-state index is 12.3. The van der Waals surface area contributed by atoms with Gasteiger partial charge in [-0.3, -0.25) is 9.78 Å². The first-order valence-corrected chi connectivity index (χ1v) is 7.68. The largest absolute Gasteiger partial charge is 0.437 e. The molecule has 24 heavy (non-hydrogen) atoms. The van der Waals surface area contributed by atoms with Gasteiger partial charge in [-0.25, -0.2) is 4.98 Å². The van der Waals surface area contributed by atoms with Crippen molar-refractivity contribution in [3.63, 3.8) is 0 Å². The molecule has 0 aliphatic rings. The third-order valence-corrected chi connectivity index (χ3v) is 3.58. The molecule has 1 heterocycles. The fourth-order valence-electron chi connectivity index (χ4n) is 1.97. The molecule has 0 bridgehead atoms. The summed E-state index contributed by atoms with van der Waals surface area (Å²) in [4.78, 5) is 20.3. The van der Waals surface area contributed by atoms with Crippen LogP contribution in [0, 0.1) is 0 Å². The number of carbonyl (C=O) groups is 1. The monoisotopic (exact) mass is 359 g/mol. The number of carbonyl (C=O) groups excluding carboxylic acids is 1. The Hall–Kier alpha value is -2.63. The van der Waals surface area contributed by atoms with E-state index in [0.29, 0.717) is 27.9 Å². The van der Waals surface area contributed by atoms with Crippen LogP contribution in [0.25, 0.3) is 0 Å². The molecule has 7 heteroatoms. The number of ether oxygens (including phenoxy) is 1. The van der Waals surface area contributed by atoms with Crippen LogP contribution in [-0.2, 0) is 0 Å². The molecule has 1 N–H and O–H groups in total. The number of nitrogens with one attached hydrogen (secondary N) is 1. The van der Waals surface area contributed by atoms with Crippen molar-refractivity contribution in [2.24, 2.45) is 0 Å². The molecule has 0 aliphatic heterocycles. The van der Waals surface area contributed by atoms with Crippen molar-refractivity contribution < 1.29 is 9.53 Å². The van der Waals surface area contributed by atoms with E-state index in [4.69, 9.17) is 27.9 Å². The van der Waals surface area contributed by atoms with Gasteiger partial charge in [-0.05, 0) is 30.3 Å². The van der Waals surface area contributed by atoms with Crippen LogP contribution in [0.2, 0.25) is 10.0 Å². The van der Waals surface area contributed by atoms with Crippen LogP contribution in [0.15, 0.2) is 61.1 Å². The fourth-order valence-corrected chi connectivity index (χ4v) is 2.46. The molecule has 0 unspecified atom stereocenters. The Labute approximate surface area is 148 Å². The lowest BCUT2D eigenvalue weighted by molar-refractivity contribution is 0.102. The lowest BCUT2D eigenvalue weighted by Crippen LogP contribution is -2.12. The molecular weight excluding hydrogens is 349 g/mol. The first-order valence-electron chi connectivity index (χ1n) is 6.92. The predicted molar refractivity (Wildman–Crippen MR) is 93.0 cm³/mol. The summed E-state index contributed by atoms with van der Waals surface area (Å²) < 4.78 is 5.58. The average Bonchev–Trinajstić information content (AvgIpc) is 2.56. The molecule has 120 valence electrons. The molecule has 0 saturated carbocycles. The number of rotatable bonds is 4. The van der Waals surface area contributed by atoms with Gasteiger partial charge in [0, 0.05) is 29.2 Å². The van der Waals surface area contributed by atoms with E-state index in [1.54, 1.807) is 42.6 Å². The van der Waals surface area contributed by atoms with Gasteiger partial charge < -0.3 is 10.1 Å². The topological polar surface area (TPSA) is 64.1 Å². The van der Waals surface area contributed by atoms with Gasteiger partial charge in [0.2, 0.25) is 5.88 Å². The van der Waals surface area contributed by atoms with Crippen LogP contribution >= 0.6 is 23.2 Å². The molecule has 3 aromatic rings. The van der Waals surface area contributed by atoms with Gasteiger partial charge in [0.1, 0.15) is 5.75 Å². The fraction of sp³-hybridized carbons (Fsp3) is 0. The Kier molecular flexibility index (Phi) is 4.93. The first-order chi connectivity index (χ1) is 11.6. The second-order valence-corrected chi connectivity index (χ2v) is 5.60. The van der Waals surface area contributed by atoms with Crippen LogP contribution in [0.3, 0.4) is 0 Å². The van der Waals surface area contributed by atoms with Crippen LogP contribution < -0.4 is 10.1 Å². The second kappa shape index (κ2) is 7.29. The highest BCUT2D eigenvalue weighted by Gasteiger charge is 2.11. The van der Waals surface area contributed by atoms with E-state index in [9.17, 15) is 4.79 Å². The highest BCUT2D eigenvalue weighted by atomic mass is 35.5. The molecule has 0 radical (unpaired) electrons. The maximum atomic E-state index is 12.3. The molecule has 0 saturated heterocycles. The highest BCUT2D eigenvalue weighted by molar-refractivity contribution is 6.37. The summed E-state index contributed by atoms with van der Waals surface area (Å²) in [7, 11) is 0. The van der Waals surface area contributed by atoms with Crippen LogP contribution in [0.1, 0.15) is 10.4 Å². The molecule has 2 aromatic carbocycles. The first kappa shape index (κ1) is 16.2. The Bertz CT molecular complexity index is 873. The minimum absolute atomic E-state index is 0.284. The minimum atomic E-state index is -0.340. The van der Waals surface area contributed by atoms with Crippen LogP contribution in [0.4, 0.5) is 5.69 Å². The van der Waals surface area contributed by atoms with Crippen molar-refractivity contribution in [3.05, 3.63) is 76.7 Å². The standard InChI is InChI=1S/C17H11Cl2N3O2/c18-11-4-5-14(15(19)8-11)17(23)22-12-2-1-3-13(9-12)24-16-10-20-6-7-21-16/h1-10H,(H,22,23). The molecule has 0 atom stereocenters. The predicted octanol–water partition coefficient (Wildman–Crippen LogP) is 4.83. The summed E-state index contributed by atoms with van der Waals surface area (Å²) in [6.07, 6.45) is 4.58. The van der Waals surface area contributed by atoms with Gasteiger partial charge in [-0.2, -0.15) is 0 Å². The Morgan fingerprint density at radius 1 is 1.08 bits per heavy atom. The molecule has 3 rings (SSSR count). The van der Waals surface area contributed by atoms with Gasteiger partial charge in [-0.1, -0.05) is 29.3 Å². The zero-order valence-corrected chi connectivity index (χ0v) is 13.8. The zero-order chi connectivity index (χ0) is 16.9. The Morgan fingerprint density at radius 2 is 1.96 bits per heavy atom. The number of aromatic nitrogens is 2. The highest BCUT2D eigenvalue weighted by Crippen LogP contribution is 2.25. The third kappa shape index (κ3) is 4.01. The van der Waals surface area contributed by atoms with E-state index in [-0.39, 0.29) is 10.9 Å². The minimum Gasteiger partial charge on any atom is -0.437 e. The van der Waals surface area contributed by atoms with Crippen molar-refractivity contribution in [1.29, 1.82) is 0 Å². The molecule has 0 aliphatic carbocycles. The molecule has 1 amide bonds. The van der Waals surface area contributed by atoms with Gasteiger partial charge in [0.05, 0.1) is 16.8 Å². The third-order valence-electron chi connectivity index (χ3n) is 3.03. The van der Waals surface area contributed by atoms with E-state index < -0.39 is 0 Å². The molecular formula is C17H11Cl2N3O2. The summed E-state index contributed by atoms with van der Waals surface area (Å²) in [5.74, 6) is 0.547. The van der Waals surface area contributed by atoms with Crippen molar-refractivity contribution in [3.8, 4) is 11.6 Å². The lowest BCUT2D eigenvalue weighted by Gasteiger charge is -2.09. The maximum Gasteiger partial charge on any atom is 0.257 e. The van der Waals surface area contributed by atoms with Crippen molar-refractivity contribution in [2.45, 2.75) is 0 Å². The molecule has 5 nitrogen and oxygen atoms in total. The van der Waals surface area contributed by atoms with Crippen molar-refractivity contribution >= 4 is 34.8 Å². The van der Waals surface area contributed by atoms with E-state index in [2.05, 4.69) is 15.3 Å². The SMILES string of the molecule is O=C(Nc1cccc(Oc2cnccn2)c1)c1ccc(Cl)cc1Cl. The zero-order valence-electron chi connectivity index (χ0n) is 12.2. The summed E-state index contributed by atoms with van der Waals surface area (Å²) in [5.41, 5.74) is 0.897. The van der Waals surface area contributed by atoms with E-state index in [1.807, 2.05) is 0 Å². The van der Waals surface area contributed by atoms with Gasteiger partial charge in [0.15, 0.2) is 0 Å². The van der Waals surface area contributed by atoms with Gasteiger partial charge in [0.25, 0.3) is 5.91 Å². The number of hydrogen-bond donors (Lipinski definition) is 1. The number of nitrogens with zero attached hydrogens (tertiary/aromatic N) is 2. The summed E-state index contributed by atoms with van der Waals surface area (Å²) in [6, 6.07) is 11.6. The average molecular weight is 360 g/mol. The number of amides is 1. The second-order valence-electron chi connectivity index (χ2n) is 4.75. The number of anilines is 1. The van der Waals surface area contributed by atoms with Crippen LogP contribution in [-0.4, -0.2) is 15.9 Å². The Balaban J connectivity index is 1.75. The van der Waals surface area contributed by atoms with Crippen molar-refractivity contribution in [2.75, 3.05) is 5.32 Å². The number of hydrogen-bond acceptors (Lipinski definition) is 4. The summed E-state index contributed by atoms with van der Waals surface area (Å²) in [6.45, 7) is 0. The molecule has 0 spiro atoms. The Morgan fingerprint density at radius 3 is 2.71 bits per heavy atom. The van der Waals surface area contributed by atoms with Gasteiger partial charge in [-0.15, -0.1) is 0 Å². The van der Waals surface area contributed by atoms with Crippen LogP contribution in [0.5, 0.6) is 11.6 Å². The van der Waals surface area contributed by atoms with E-state index in [0.717, 1.165) is 0 Å². The van der Waals surface area contributed by atoms with Gasteiger partial charge >= 0.3 is 0 Å². The molecule has 0 fully saturated rings. The van der Waals surface area contributed by atoms with E-state index in [1.165, 1.54) is 18.5 Å². The number of benzene rings is 2. The lowest BCUT2D eigenvalue weighted by atomic mass is 10.2.